The minimum atomic E-state index is 0.242. The van der Waals surface area contributed by atoms with E-state index in [0.717, 1.165) is 51.9 Å². The van der Waals surface area contributed by atoms with Crippen LogP contribution in [0.15, 0.2) is 0 Å². The van der Waals surface area contributed by atoms with Gasteiger partial charge in [-0.1, -0.05) is 0 Å². The lowest BCUT2D eigenvalue weighted by Crippen LogP contribution is -2.42. The van der Waals surface area contributed by atoms with Gasteiger partial charge in [0.1, 0.15) is 0 Å². The fourth-order valence-electron chi connectivity index (χ4n) is 2.25. The molecular weight excluding hydrogens is 216 g/mol. The third-order valence-electron chi connectivity index (χ3n) is 3.76. The zero-order valence-electron chi connectivity index (χ0n) is 10.9. The van der Waals surface area contributed by atoms with Crippen molar-refractivity contribution in [3.63, 3.8) is 0 Å². The highest BCUT2D eigenvalue weighted by Gasteiger charge is 2.24. The minimum absolute atomic E-state index is 0.242. The molecule has 2 atom stereocenters. The van der Waals surface area contributed by atoms with Gasteiger partial charge in [-0.3, -0.25) is 0 Å². The lowest BCUT2D eigenvalue weighted by molar-refractivity contribution is 0.0991. The largest absolute Gasteiger partial charge is 0.381 e. The monoisotopic (exact) mass is 242 g/mol. The Hall–Kier alpha value is -0.160. The van der Waals surface area contributed by atoms with Gasteiger partial charge in [0.2, 0.25) is 0 Å². The summed E-state index contributed by atoms with van der Waals surface area (Å²) >= 11 is 0. The van der Waals surface area contributed by atoms with E-state index >= 15 is 0 Å². The van der Waals surface area contributed by atoms with Crippen molar-refractivity contribution in [3.8, 4) is 0 Å². The third-order valence-corrected chi connectivity index (χ3v) is 3.76. The molecule has 1 aliphatic heterocycles. The van der Waals surface area contributed by atoms with E-state index in [-0.39, 0.29) is 6.04 Å². The first-order chi connectivity index (χ1) is 8.25. The predicted octanol–water partition coefficient (Wildman–Crippen LogP) is 0.709. The minimum Gasteiger partial charge on any atom is -0.381 e. The molecule has 2 rings (SSSR count). The molecule has 1 heterocycles. The average molecular weight is 242 g/mol. The maximum absolute atomic E-state index is 6.18. The van der Waals surface area contributed by atoms with E-state index in [0.29, 0.717) is 5.92 Å². The molecule has 2 aliphatic rings. The molecule has 0 aromatic rings. The highest BCUT2D eigenvalue weighted by molar-refractivity contribution is 4.78. The third kappa shape index (κ3) is 4.92. The Balaban J connectivity index is 1.50. The molecule has 0 bridgehead atoms. The average Bonchev–Trinajstić information content (AvgIpc) is 2.95. The van der Waals surface area contributed by atoms with Gasteiger partial charge in [0.15, 0.2) is 0 Å². The van der Waals surface area contributed by atoms with Crippen molar-refractivity contribution in [2.45, 2.75) is 25.3 Å². The fourth-order valence-corrected chi connectivity index (χ4v) is 2.25. The molecule has 0 radical (unpaired) electrons. The van der Waals surface area contributed by atoms with Gasteiger partial charge in [-0.15, -0.1) is 0 Å². The number of nitrogens with zero attached hydrogens (tertiary/aromatic N) is 1. The van der Waals surface area contributed by atoms with Crippen molar-refractivity contribution in [2.24, 2.45) is 17.6 Å². The van der Waals surface area contributed by atoms with Crippen molar-refractivity contribution in [1.82, 2.24) is 4.90 Å². The highest BCUT2D eigenvalue weighted by Crippen LogP contribution is 2.28. The summed E-state index contributed by atoms with van der Waals surface area (Å²) in [4.78, 5) is 2.27. The Morgan fingerprint density at radius 3 is 2.88 bits per heavy atom. The fraction of sp³-hybridized carbons (Fsp3) is 1.00. The number of hydrogen-bond acceptors (Lipinski definition) is 4. The molecule has 2 N–H and O–H groups in total. The number of rotatable bonds is 8. The summed E-state index contributed by atoms with van der Waals surface area (Å²) in [5.41, 5.74) is 6.18. The number of likely N-dealkylation sites (N-methyl/N-ethyl adjacent to an activating group) is 1. The zero-order chi connectivity index (χ0) is 12.1. The second-order valence-corrected chi connectivity index (χ2v) is 5.57. The van der Waals surface area contributed by atoms with Gasteiger partial charge < -0.3 is 20.1 Å². The Bertz CT molecular complexity index is 215. The van der Waals surface area contributed by atoms with Crippen molar-refractivity contribution in [3.05, 3.63) is 0 Å². The smallest absolute Gasteiger partial charge is 0.0593 e. The van der Waals surface area contributed by atoms with E-state index in [1.165, 1.54) is 12.8 Å². The summed E-state index contributed by atoms with van der Waals surface area (Å²) in [6, 6.07) is 0.242. The maximum atomic E-state index is 6.18. The molecule has 1 aliphatic carbocycles. The van der Waals surface area contributed by atoms with Gasteiger partial charge in [0, 0.05) is 38.3 Å². The first kappa shape index (κ1) is 13.3. The lowest BCUT2D eigenvalue weighted by Gasteiger charge is -2.24. The number of nitrogens with two attached hydrogens (primary N) is 1. The van der Waals surface area contributed by atoms with Crippen molar-refractivity contribution < 1.29 is 9.47 Å². The number of hydrogen-bond donors (Lipinski definition) is 1. The van der Waals surface area contributed by atoms with Crippen LogP contribution in [0.4, 0.5) is 0 Å². The number of ether oxygens (including phenoxy) is 2. The van der Waals surface area contributed by atoms with Gasteiger partial charge in [-0.25, -0.2) is 0 Å². The van der Waals surface area contributed by atoms with Crippen molar-refractivity contribution in [1.29, 1.82) is 0 Å². The predicted molar refractivity (Wildman–Crippen MR) is 67.9 cm³/mol. The Morgan fingerprint density at radius 1 is 1.41 bits per heavy atom. The van der Waals surface area contributed by atoms with Crippen LogP contribution < -0.4 is 5.73 Å². The molecule has 1 saturated carbocycles. The van der Waals surface area contributed by atoms with Crippen molar-refractivity contribution in [2.75, 3.05) is 46.6 Å². The maximum Gasteiger partial charge on any atom is 0.0593 e. The van der Waals surface area contributed by atoms with Gasteiger partial charge in [-0.05, 0) is 32.2 Å². The SMILES string of the molecule is CN(CCOCC1CC1)CC(N)C1CCOC1. The first-order valence-corrected chi connectivity index (χ1v) is 6.85. The van der Waals surface area contributed by atoms with Crippen LogP contribution in [0.25, 0.3) is 0 Å². The summed E-state index contributed by atoms with van der Waals surface area (Å²) < 4.78 is 11.0. The van der Waals surface area contributed by atoms with Crippen LogP contribution in [0.1, 0.15) is 19.3 Å². The van der Waals surface area contributed by atoms with Gasteiger partial charge >= 0.3 is 0 Å². The van der Waals surface area contributed by atoms with Gasteiger partial charge in [-0.2, -0.15) is 0 Å². The summed E-state index contributed by atoms with van der Waals surface area (Å²) in [6.07, 6.45) is 3.85. The quantitative estimate of drug-likeness (QED) is 0.637. The van der Waals surface area contributed by atoms with Crippen LogP contribution in [0.2, 0.25) is 0 Å². The first-order valence-electron chi connectivity index (χ1n) is 6.85. The molecule has 0 aromatic heterocycles. The highest BCUT2D eigenvalue weighted by atomic mass is 16.5. The van der Waals surface area contributed by atoms with E-state index < -0.39 is 0 Å². The molecule has 2 fully saturated rings. The molecule has 17 heavy (non-hydrogen) atoms. The zero-order valence-corrected chi connectivity index (χ0v) is 10.9. The summed E-state index contributed by atoms with van der Waals surface area (Å²) in [5, 5.41) is 0. The topological polar surface area (TPSA) is 47.7 Å². The lowest BCUT2D eigenvalue weighted by atomic mass is 10.00. The molecule has 4 heteroatoms. The molecule has 0 spiro atoms. The summed E-state index contributed by atoms with van der Waals surface area (Å²) in [7, 11) is 2.12. The Kier molecular flexibility index (Phi) is 5.22. The summed E-state index contributed by atoms with van der Waals surface area (Å²) in [6.45, 7) is 5.44. The molecule has 1 saturated heterocycles. The van der Waals surface area contributed by atoms with Crippen LogP contribution in [0.5, 0.6) is 0 Å². The summed E-state index contributed by atoms with van der Waals surface area (Å²) in [5.74, 6) is 1.41. The van der Waals surface area contributed by atoms with Crippen molar-refractivity contribution >= 4 is 0 Å². The van der Waals surface area contributed by atoms with E-state index in [4.69, 9.17) is 15.2 Å². The van der Waals surface area contributed by atoms with Crippen LogP contribution >= 0.6 is 0 Å². The van der Waals surface area contributed by atoms with Gasteiger partial charge in [0.05, 0.1) is 13.2 Å². The standard InChI is InChI=1S/C13H26N2O2/c1-15(5-7-17-9-11-2-3-11)8-13(14)12-4-6-16-10-12/h11-13H,2-10,14H2,1H3. The second-order valence-electron chi connectivity index (χ2n) is 5.57. The molecule has 0 aromatic carbocycles. The van der Waals surface area contributed by atoms with Crippen LogP contribution in [-0.2, 0) is 9.47 Å². The Labute approximate surface area is 104 Å². The molecule has 0 amide bonds. The van der Waals surface area contributed by atoms with E-state index in [1.54, 1.807) is 0 Å². The van der Waals surface area contributed by atoms with E-state index in [1.807, 2.05) is 0 Å². The molecular formula is C13H26N2O2. The van der Waals surface area contributed by atoms with Crippen LogP contribution in [-0.4, -0.2) is 57.5 Å². The van der Waals surface area contributed by atoms with Crippen LogP contribution in [0, 0.1) is 11.8 Å². The van der Waals surface area contributed by atoms with Crippen LogP contribution in [0.3, 0.4) is 0 Å². The second kappa shape index (κ2) is 6.69. The van der Waals surface area contributed by atoms with Gasteiger partial charge in [0.25, 0.3) is 0 Å². The van der Waals surface area contributed by atoms with E-state index in [9.17, 15) is 0 Å². The molecule has 2 unspecified atom stereocenters. The van der Waals surface area contributed by atoms with E-state index in [2.05, 4.69) is 11.9 Å². The molecule has 4 nitrogen and oxygen atoms in total. The molecule has 100 valence electrons. The normalized spacial score (nSPS) is 26.6. The Morgan fingerprint density at radius 2 is 2.24 bits per heavy atom.